The standard InChI is InChI=1S/C10H11NO5/c1-6(12)16-9-3-2-7(13)4-8(9)11-5-10(14)15/h2-4,11,13H,5H2,1H3,(H,14,15). The average molecular weight is 225 g/mol. The Balaban J connectivity index is 2.89. The number of carboxylic acid groups (broad SMARTS) is 1. The van der Waals surface area contributed by atoms with Crippen LogP contribution in [-0.2, 0) is 9.59 Å². The largest absolute Gasteiger partial charge is 0.508 e. The monoisotopic (exact) mass is 225 g/mol. The predicted molar refractivity (Wildman–Crippen MR) is 55.5 cm³/mol. The Hall–Kier alpha value is -2.24. The van der Waals surface area contributed by atoms with Gasteiger partial charge in [-0.05, 0) is 12.1 Å². The molecule has 1 aromatic carbocycles. The number of rotatable bonds is 4. The summed E-state index contributed by atoms with van der Waals surface area (Å²) in [6.45, 7) is 0.894. The first-order chi connectivity index (χ1) is 7.49. The van der Waals surface area contributed by atoms with Gasteiger partial charge in [-0.3, -0.25) is 9.59 Å². The molecular weight excluding hydrogens is 214 g/mol. The third kappa shape index (κ3) is 3.49. The second kappa shape index (κ2) is 5.01. The second-order valence-corrected chi connectivity index (χ2v) is 3.02. The van der Waals surface area contributed by atoms with Crippen LogP contribution in [0.2, 0.25) is 0 Å². The Labute approximate surface area is 91.5 Å². The fourth-order valence-electron chi connectivity index (χ4n) is 1.07. The molecule has 0 amide bonds. The Morgan fingerprint density at radius 2 is 2.12 bits per heavy atom. The number of carbonyl (C=O) groups is 2. The number of benzene rings is 1. The van der Waals surface area contributed by atoms with Gasteiger partial charge in [0.25, 0.3) is 0 Å². The van der Waals surface area contributed by atoms with Crippen LogP contribution in [0.3, 0.4) is 0 Å². The molecular formula is C10H11NO5. The fraction of sp³-hybridized carbons (Fsp3) is 0.200. The van der Waals surface area contributed by atoms with E-state index in [2.05, 4.69) is 5.32 Å². The van der Waals surface area contributed by atoms with Crippen LogP contribution in [0.5, 0.6) is 11.5 Å². The Bertz CT molecular complexity index is 416. The number of hydrogen-bond acceptors (Lipinski definition) is 5. The quantitative estimate of drug-likeness (QED) is 0.518. The molecule has 0 saturated carbocycles. The van der Waals surface area contributed by atoms with Crippen molar-refractivity contribution in [2.24, 2.45) is 0 Å². The summed E-state index contributed by atoms with van der Waals surface area (Å²) in [4.78, 5) is 21.1. The molecule has 0 aromatic heterocycles. The van der Waals surface area contributed by atoms with Gasteiger partial charge in [-0.1, -0.05) is 0 Å². The van der Waals surface area contributed by atoms with Crippen LogP contribution in [-0.4, -0.2) is 28.7 Å². The Kier molecular flexibility index (Phi) is 3.71. The van der Waals surface area contributed by atoms with Crippen molar-refractivity contribution in [3.8, 4) is 11.5 Å². The average Bonchev–Trinajstić information content (AvgIpc) is 2.17. The van der Waals surface area contributed by atoms with Crippen LogP contribution < -0.4 is 10.1 Å². The first-order valence-corrected chi connectivity index (χ1v) is 4.46. The molecule has 0 heterocycles. The molecule has 0 atom stereocenters. The number of nitrogens with one attached hydrogen (secondary N) is 1. The molecule has 0 spiro atoms. The molecule has 0 radical (unpaired) electrons. The number of esters is 1. The summed E-state index contributed by atoms with van der Waals surface area (Å²) in [6.07, 6.45) is 0. The molecule has 0 bridgehead atoms. The van der Waals surface area contributed by atoms with Crippen LogP contribution in [0.25, 0.3) is 0 Å². The Morgan fingerprint density at radius 1 is 1.44 bits per heavy atom. The van der Waals surface area contributed by atoms with Crippen molar-refractivity contribution in [2.45, 2.75) is 6.92 Å². The lowest BCUT2D eigenvalue weighted by atomic mass is 10.2. The minimum atomic E-state index is -1.06. The van der Waals surface area contributed by atoms with E-state index in [0.29, 0.717) is 0 Å². The first-order valence-electron chi connectivity index (χ1n) is 4.46. The van der Waals surface area contributed by atoms with Gasteiger partial charge in [-0.25, -0.2) is 0 Å². The number of carboxylic acids is 1. The second-order valence-electron chi connectivity index (χ2n) is 3.02. The summed E-state index contributed by atoms with van der Waals surface area (Å²) < 4.78 is 4.83. The van der Waals surface area contributed by atoms with E-state index in [1.54, 1.807) is 0 Å². The summed E-state index contributed by atoms with van der Waals surface area (Å²) >= 11 is 0. The van der Waals surface area contributed by atoms with E-state index < -0.39 is 11.9 Å². The highest BCUT2D eigenvalue weighted by molar-refractivity contribution is 5.76. The third-order valence-electron chi connectivity index (χ3n) is 1.65. The van der Waals surface area contributed by atoms with Crippen molar-refractivity contribution >= 4 is 17.6 Å². The van der Waals surface area contributed by atoms with Crippen LogP contribution in [0, 0.1) is 0 Å². The molecule has 0 aliphatic heterocycles. The van der Waals surface area contributed by atoms with Gasteiger partial charge in [0, 0.05) is 13.0 Å². The molecule has 16 heavy (non-hydrogen) atoms. The van der Waals surface area contributed by atoms with Crippen molar-refractivity contribution in [2.75, 3.05) is 11.9 Å². The highest BCUT2D eigenvalue weighted by Gasteiger charge is 2.08. The number of ether oxygens (including phenoxy) is 1. The van der Waals surface area contributed by atoms with E-state index in [9.17, 15) is 14.7 Å². The molecule has 0 aliphatic rings. The highest BCUT2D eigenvalue weighted by atomic mass is 16.5. The highest BCUT2D eigenvalue weighted by Crippen LogP contribution is 2.28. The van der Waals surface area contributed by atoms with E-state index in [1.165, 1.54) is 25.1 Å². The van der Waals surface area contributed by atoms with E-state index in [4.69, 9.17) is 9.84 Å². The normalized spacial score (nSPS) is 9.56. The SMILES string of the molecule is CC(=O)Oc1ccc(O)cc1NCC(=O)O. The molecule has 1 aromatic rings. The molecule has 6 heteroatoms. The molecule has 1 rings (SSSR count). The number of anilines is 1. The summed E-state index contributed by atoms with van der Waals surface area (Å²) in [5.74, 6) is -1.46. The van der Waals surface area contributed by atoms with Crippen molar-refractivity contribution in [1.82, 2.24) is 0 Å². The number of phenols is 1. The van der Waals surface area contributed by atoms with E-state index in [0.717, 1.165) is 0 Å². The minimum Gasteiger partial charge on any atom is -0.508 e. The van der Waals surface area contributed by atoms with Crippen LogP contribution in [0.4, 0.5) is 5.69 Å². The van der Waals surface area contributed by atoms with Gasteiger partial charge in [-0.2, -0.15) is 0 Å². The van der Waals surface area contributed by atoms with Crippen LogP contribution >= 0.6 is 0 Å². The van der Waals surface area contributed by atoms with E-state index >= 15 is 0 Å². The molecule has 0 saturated heterocycles. The Morgan fingerprint density at radius 3 is 2.69 bits per heavy atom. The minimum absolute atomic E-state index is 0.0520. The predicted octanol–water partition coefficient (Wildman–Crippen LogP) is 0.814. The molecule has 86 valence electrons. The summed E-state index contributed by atoms with van der Waals surface area (Å²) in [6, 6.07) is 3.99. The number of aromatic hydroxyl groups is 1. The third-order valence-corrected chi connectivity index (χ3v) is 1.65. The summed E-state index contributed by atoms with van der Waals surface area (Å²) in [7, 11) is 0. The van der Waals surface area contributed by atoms with Crippen molar-refractivity contribution < 1.29 is 24.5 Å². The van der Waals surface area contributed by atoms with Crippen LogP contribution in [0.15, 0.2) is 18.2 Å². The lowest BCUT2D eigenvalue weighted by Crippen LogP contribution is -2.13. The number of hydrogen-bond donors (Lipinski definition) is 3. The maximum absolute atomic E-state index is 10.8. The topological polar surface area (TPSA) is 95.9 Å². The number of carbonyl (C=O) groups excluding carboxylic acids is 1. The molecule has 0 unspecified atom stereocenters. The maximum atomic E-state index is 10.8. The van der Waals surface area contributed by atoms with Gasteiger partial charge in [0.1, 0.15) is 12.3 Å². The lowest BCUT2D eigenvalue weighted by molar-refractivity contribution is -0.135. The van der Waals surface area contributed by atoms with Crippen molar-refractivity contribution in [3.63, 3.8) is 0 Å². The van der Waals surface area contributed by atoms with Crippen molar-refractivity contribution in [3.05, 3.63) is 18.2 Å². The molecule has 3 N–H and O–H groups in total. The van der Waals surface area contributed by atoms with E-state index in [1.807, 2.05) is 0 Å². The van der Waals surface area contributed by atoms with Crippen LogP contribution in [0.1, 0.15) is 6.92 Å². The molecule has 0 fully saturated rings. The fourth-order valence-corrected chi connectivity index (χ4v) is 1.07. The van der Waals surface area contributed by atoms with Crippen molar-refractivity contribution in [1.29, 1.82) is 0 Å². The first kappa shape index (κ1) is 11.8. The van der Waals surface area contributed by atoms with E-state index in [-0.39, 0.29) is 23.7 Å². The smallest absolute Gasteiger partial charge is 0.322 e. The van der Waals surface area contributed by atoms with Gasteiger partial charge < -0.3 is 20.3 Å². The van der Waals surface area contributed by atoms with Gasteiger partial charge in [-0.15, -0.1) is 0 Å². The molecule has 6 nitrogen and oxygen atoms in total. The molecule has 0 aliphatic carbocycles. The van der Waals surface area contributed by atoms with Gasteiger partial charge >= 0.3 is 11.9 Å². The maximum Gasteiger partial charge on any atom is 0.322 e. The van der Waals surface area contributed by atoms with Gasteiger partial charge in [0.2, 0.25) is 0 Å². The summed E-state index contributed by atoms with van der Waals surface area (Å²) in [5, 5.41) is 20.2. The van der Waals surface area contributed by atoms with Gasteiger partial charge in [0.15, 0.2) is 5.75 Å². The zero-order chi connectivity index (χ0) is 12.1. The van der Waals surface area contributed by atoms with Gasteiger partial charge in [0.05, 0.1) is 5.69 Å². The number of phenolic OH excluding ortho intramolecular Hbond substituents is 1. The zero-order valence-corrected chi connectivity index (χ0v) is 8.56. The lowest BCUT2D eigenvalue weighted by Gasteiger charge is -2.10. The summed E-state index contributed by atoms with van der Waals surface area (Å²) in [5.41, 5.74) is 0.248. The number of aliphatic carboxylic acids is 1. The zero-order valence-electron chi connectivity index (χ0n) is 8.56.